The summed E-state index contributed by atoms with van der Waals surface area (Å²) in [7, 11) is 0. The molecule has 0 saturated heterocycles. The van der Waals surface area contributed by atoms with Crippen molar-refractivity contribution >= 4 is 22.5 Å². The van der Waals surface area contributed by atoms with Gasteiger partial charge in [0.1, 0.15) is 12.4 Å². The number of hydrogen-bond acceptors (Lipinski definition) is 3. The number of para-hydroxylation sites is 1. The molecule has 124 valence electrons. The summed E-state index contributed by atoms with van der Waals surface area (Å²) in [5.41, 5.74) is 2.42. The molecule has 1 heterocycles. The van der Waals surface area contributed by atoms with Gasteiger partial charge in [0, 0.05) is 36.4 Å². The number of carbonyl (C=O) groups is 2. The third kappa shape index (κ3) is 5.64. The van der Waals surface area contributed by atoms with E-state index in [0.29, 0.717) is 25.0 Å². The quantitative estimate of drug-likeness (QED) is 0.623. The second-order valence-electron chi connectivity index (χ2n) is 6.01. The predicted molar refractivity (Wildman–Crippen MR) is 91.4 cm³/mol. The van der Waals surface area contributed by atoms with Crippen LogP contribution >= 0.6 is 0 Å². The van der Waals surface area contributed by atoms with Gasteiger partial charge in [0.2, 0.25) is 0 Å². The number of unbranched alkanes of at least 4 members (excludes halogenated alkanes) is 2. The van der Waals surface area contributed by atoms with E-state index in [9.17, 15) is 9.59 Å². The smallest absolute Gasteiger partial charge is 0.158 e. The van der Waals surface area contributed by atoms with Crippen LogP contribution in [0, 0.1) is 0 Å². The zero-order valence-corrected chi connectivity index (χ0v) is 13.5. The van der Waals surface area contributed by atoms with Gasteiger partial charge >= 0.3 is 0 Å². The Morgan fingerprint density at radius 3 is 2.39 bits per heavy atom. The lowest BCUT2D eigenvalue weighted by molar-refractivity contribution is -0.121. The number of aromatic nitrogens is 1. The predicted octanol–water partition coefficient (Wildman–Crippen LogP) is 3.57. The summed E-state index contributed by atoms with van der Waals surface area (Å²) in [6.45, 7) is -0.368. The van der Waals surface area contributed by atoms with E-state index in [4.69, 9.17) is 5.11 Å². The van der Waals surface area contributed by atoms with Crippen molar-refractivity contribution in [3.05, 3.63) is 36.0 Å². The Morgan fingerprint density at radius 2 is 1.61 bits per heavy atom. The van der Waals surface area contributed by atoms with E-state index >= 15 is 0 Å². The molecule has 4 heteroatoms. The maximum absolute atomic E-state index is 11.9. The number of fused-ring (bicyclic) bond motifs is 1. The highest BCUT2D eigenvalue weighted by molar-refractivity contribution is 5.83. The van der Waals surface area contributed by atoms with Gasteiger partial charge in [-0.05, 0) is 37.3 Å². The summed E-state index contributed by atoms with van der Waals surface area (Å²) in [5.74, 6) is 0.188. The highest BCUT2D eigenvalue weighted by atomic mass is 16.3. The van der Waals surface area contributed by atoms with E-state index in [0.717, 1.165) is 37.6 Å². The summed E-state index contributed by atoms with van der Waals surface area (Å²) in [6.07, 6.45) is 7.95. The molecule has 4 nitrogen and oxygen atoms in total. The van der Waals surface area contributed by atoms with Crippen LogP contribution in [0.1, 0.15) is 50.5 Å². The van der Waals surface area contributed by atoms with Crippen molar-refractivity contribution in [3.63, 3.8) is 0 Å². The average Bonchev–Trinajstić information content (AvgIpc) is 2.97. The number of aliphatic hydroxyl groups is 1. The molecule has 0 amide bonds. The molecule has 2 N–H and O–H groups in total. The van der Waals surface area contributed by atoms with E-state index in [1.165, 1.54) is 10.9 Å². The maximum Gasteiger partial charge on any atom is 0.158 e. The van der Waals surface area contributed by atoms with E-state index < -0.39 is 0 Å². The fourth-order valence-corrected chi connectivity index (χ4v) is 2.84. The van der Waals surface area contributed by atoms with Crippen molar-refractivity contribution in [3.8, 4) is 0 Å². The molecule has 23 heavy (non-hydrogen) atoms. The Balaban J connectivity index is 1.61. The molecule has 0 fully saturated rings. The fraction of sp³-hybridized carbons (Fsp3) is 0.474. The Hall–Kier alpha value is -1.94. The van der Waals surface area contributed by atoms with Crippen LogP contribution in [0.15, 0.2) is 30.5 Å². The number of rotatable bonds is 11. The molecule has 0 atom stereocenters. The Kier molecular flexibility index (Phi) is 7.01. The van der Waals surface area contributed by atoms with E-state index in [1.54, 1.807) is 0 Å². The van der Waals surface area contributed by atoms with Crippen molar-refractivity contribution in [1.29, 1.82) is 0 Å². The largest absolute Gasteiger partial charge is 0.389 e. The third-order valence-corrected chi connectivity index (χ3v) is 4.16. The molecule has 0 bridgehead atoms. The number of hydrogen-bond donors (Lipinski definition) is 2. The number of aromatic amines is 1. The Labute approximate surface area is 136 Å². The molecule has 0 saturated carbocycles. The van der Waals surface area contributed by atoms with E-state index in [2.05, 4.69) is 17.1 Å². The number of ketones is 2. The van der Waals surface area contributed by atoms with Crippen LogP contribution in [0.2, 0.25) is 0 Å². The first-order valence-corrected chi connectivity index (χ1v) is 8.40. The first-order valence-electron chi connectivity index (χ1n) is 8.40. The molecule has 0 unspecified atom stereocenters. The molecule has 0 aliphatic heterocycles. The fourth-order valence-electron chi connectivity index (χ4n) is 2.84. The maximum atomic E-state index is 11.9. The van der Waals surface area contributed by atoms with Crippen LogP contribution in [0.3, 0.4) is 0 Å². The van der Waals surface area contributed by atoms with Gasteiger partial charge in [-0.3, -0.25) is 9.59 Å². The van der Waals surface area contributed by atoms with Crippen molar-refractivity contribution in [2.75, 3.05) is 6.61 Å². The number of carbonyl (C=O) groups excluding carboxylic acids is 2. The van der Waals surface area contributed by atoms with E-state index in [-0.39, 0.29) is 12.4 Å². The highest BCUT2D eigenvalue weighted by Gasteiger charge is 2.06. The summed E-state index contributed by atoms with van der Waals surface area (Å²) < 4.78 is 0. The van der Waals surface area contributed by atoms with Crippen molar-refractivity contribution in [1.82, 2.24) is 4.98 Å². The van der Waals surface area contributed by atoms with Gasteiger partial charge in [0.25, 0.3) is 0 Å². The summed E-state index contributed by atoms with van der Waals surface area (Å²) in [4.78, 5) is 26.1. The van der Waals surface area contributed by atoms with Crippen molar-refractivity contribution < 1.29 is 14.7 Å². The zero-order valence-electron chi connectivity index (χ0n) is 13.5. The zero-order chi connectivity index (χ0) is 16.5. The first kappa shape index (κ1) is 17.4. The molecule has 1 aromatic carbocycles. The minimum atomic E-state index is -0.368. The van der Waals surface area contributed by atoms with Crippen LogP contribution in [0.4, 0.5) is 0 Å². The van der Waals surface area contributed by atoms with Crippen LogP contribution in [0.25, 0.3) is 10.9 Å². The van der Waals surface area contributed by atoms with Gasteiger partial charge in [-0.25, -0.2) is 0 Å². The normalized spacial score (nSPS) is 11.0. The number of nitrogens with one attached hydrogen (secondary N) is 1. The second-order valence-corrected chi connectivity index (χ2v) is 6.01. The number of Topliss-reactive ketones (excluding diaryl/α,β-unsaturated/α-hetero) is 2. The molecule has 2 rings (SSSR count). The topological polar surface area (TPSA) is 70.2 Å². The van der Waals surface area contributed by atoms with Gasteiger partial charge < -0.3 is 10.1 Å². The second kappa shape index (κ2) is 9.26. The summed E-state index contributed by atoms with van der Waals surface area (Å²) in [6, 6.07) is 8.22. The molecular weight excluding hydrogens is 290 g/mol. The van der Waals surface area contributed by atoms with Crippen molar-refractivity contribution in [2.45, 2.75) is 51.4 Å². The van der Waals surface area contributed by atoms with Gasteiger partial charge in [0.05, 0.1) is 0 Å². The SMILES string of the molecule is O=C(CO)CCCCCC(=O)CCCc1c[nH]c2ccccc12. The van der Waals surface area contributed by atoms with Gasteiger partial charge in [-0.2, -0.15) is 0 Å². The van der Waals surface area contributed by atoms with Gasteiger partial charge in [-0.1, -0.05) is 24.6 Å². The molecule has 2 aromatic rings. The molecule has 0 spiro atoms. The monoisotopic (exact) mass is 315 g/mol. The standard InChI is InChI=1S/C19H25NO3/c21-14-17(23)9-3-1-2-8-16(22)10-6-7-15-13-20-19-12-5-4-11-18(15)19/h4-5,11-13,20-21H,1-3,6-10,14H2. The van der Waals surface area contributed by atoms with Gasteiger partial charge in [0.15, 0.2) is 5.78 Å². The lowest BCUT2D eigenvalue weighted by Gasteiger charge is -2.02. The number of H-pyrrole nitrogens is 1. The lowest BCUT2D eigenvalue weighted by Crippen LogP contribution is -2.03. The highest BCUT2D eigenvalue weighted by Crippen LogP contribution is 2.19. The summed E-state index contributed by atoms with van der Waals surface area (Å²) in [5, 5.41) is 9.86. The molecule has 0 radical (unpaired) electrons. The molecule has 0 aliphatic rings. The molecular formula is C19H25NO3. The summed E-state index contributed by atoms with van der Waals surface area (Å²) >= 11 is 0. The number of aliphatic hydroxyl groups excluding tert-OH is 1. The van der Waals surface area contributed by atoms with Crippen LogP contribution in [-0.2, 0) is 16.0 Å². The number of aryl methyl sites for hydroxylation is 1. The van der Waals surface area contributed by atoms with Crippen LogP contribution in [-0.4, -0.2) is 28.3 Å². The first-order chi connectivity index (χ1) is 11.2. The number of benzene rings is 1. The van der Waals surface area contributed by atoms with Crippen molar-refractivity contribution in [2.24, 2.45) is 0 Å². The third-order valence-electron chi connectivity index (χ3n) is 4.16. The molecule has 0 aliphatic carbocycles. The Morgan fingerprint density at radius 1 is 0.913 bits per heavy atom. The van der Waals surface area contributed by atoms with Gasteiger partial charge in [-0.15, -0.1) is 0 Å². The molecule has 1 aromatic heterocycles. The Bertz CT molecular complexity index is 645. The minimum absolute atomic E-state index is 0.116. The lowest BCUT2D eigenvalue weighted by atomic mass is 10.0. The van der Waals surface area contributed by atoms with Crippen LogP contribution < -0.4 is 0 Å². The van der Waals surface area contributed by atoms with Crippen LogP contribution in [0.5, 0.6) is 0 Å². The van der Waals surface area contributed by atoms with E-state index in [1.807, 2.05) is 18.3 Å². The minimum Gasteiger partial charge on any atom is -0.389 e. The average molecular weight is 315 g/mol.